The Labute approximate surface area is 152 Å². The van der Waals surface area contributed by atoms with Gasteiger partial charge in [-0.15, -0.1) is 9.78 Å². The van der Waals surface area contributed by atoms with Gasteiger partial charge in [-0.05, 0) is 46.5 Å². The molecule has 0 aromatic carbocycles. The molecule has 0 aromatic heterocycles. The predicted molar refractivity (Wildman–Crippen MR) is 95.0 cm³/mol. The van der Waals surface area contributed by atoms with Crippen molar-refractivity contribution in [2.75, 3.05) is 0 Å². The van der Waals surface area contributed by atoms with E-state index < -0.39 is 23.1 Å². The zero-order valence-corrected chi connectivity index (χ0v) is 17.1. The normalized spacial score (nSPS) is 15.6. The van der Waals surface area contributed by atoms with Gasteiger partial charge in [-0.2, -0.15) is 0 Å². The van der Waals surface area contributed by atoms with Crippen LogP contribution in [0.5, 0.6) is 0 Å². The van der Waals surface area contributed by atoms with Crippen molar-refractivity contribution in [3.8, 4) is 0 Å². The molecule has 6 heteroatoms. The van der Waals surface area contributed by atoms with E-state index in [-0.39, 0.29) is 11.8 Å². The molecule has 0 aliphatic heterocycles. The van der Waals surface area contributed by atoms with Gasteiger partial charge in [0.15, 0.2) is 0 Å². The molecule has 2 unspecified atom stereocenters. The monoisotopic (exact) mass is 360 g/mol. The molecule has 0 amide bonds. The third kappa shape index (κ3) is 9.80. The van der Waals surface area contributed by atoms with Crippen LogP contribution in [0.1, 0.15) is 87.5 Å². The van der Waals surface area contributed by atoms with Gasteiger partial charge in [-0.1, -0.05) is 40.5 Å². The molecule has 6 nitrogen and oxygen atoms in total. The molecule has 0 fully saturated rings. The number of hydrogen-bond donors (Lipinski definition) is 0. The zero-order chi connectivity index (χ0) is 19.7. The molecule has 0 saturated carbocycles. The molecule has 0 saturated heterocycles. The Hall–Kier alpha value is -1.14. The lowest BCUT2D eigenvalue weighted by molar-refractivity contribution is -0.481. The largest absolute Gasteiger partial charge is 0.347 e. The third-order valence-corrected chi connectivity index (χ3v) is 3.72. The minimum atomic E-state index is -1.35. The summed E-state index contributed by atoms with van der Waals surface area (Å²) in [7, 11) is 0. The van der Waals surface area contributed by atoms with E-state index in [2.05, 4.69) is 6.92 Å². The zero-order valence-electron chi connectivity index (χ0n) is 17.1. The highest BCUT2D eigenvalue weighted by atomic mass is 17.3. The van der Waals surface area contributed by atoms with E-state index in [9.17, 15) is 9.59 Å². The van der Waals surface area contributed by atoms with Crippen LogP contribution in [0.2, 0.25) is 0 Å². The van der Waals surface area contributed by atoms with Crippen molar-refractivity contribution in [3.05, 3.63) is 0 Å². The fourth-order valence-electron chi connectivity index (χ4n) is 2.21. The van der Waals surface area contributed by atoms with E-state index in [0.717, 1.165) is 19.3 Å². The molecule has 0 aliphatic rings. The van der Waals surface area contributed by atoms with Crippen LogP contribution in [-0.2, 0) is 29.1 Å². The number of rotatable bonds is 11. The second kappa shape index (κ2) is 10.8. The van der Waals surface area contributed by atoms with Gasteiger partial charge in [-0.25, -0.2) is 9.59 Å². The molecule has 0 aliphatic carbocycles. The SMILES string of the molecule is CCCCC(CC)C(=O)OOC(C)(CC(C)C)OOC(=O)C(C)(C)C. The molecule has 2 atom stereocenters. The van der Waals surface area contributed by atoms with Gasteiger partial charge in [0, 0.05) is 6.42 Å². The molecule has 0 heterocycles. The maximum Gasteiger partial charge on any atom is 0.347 e. The van der Waals surface area contributed by atoms with Gasteiger partial charge >= 0.3 is 11.9 Å². The first kappa shape index (κ1) is 23.9. The van der Waals surface area contributed by atoms with Crippen LogP contribution >= 0.6 is 0 Å². The summed E-state index contributed by atoms with van der Waals surface area (Å²) in [5.41, 5.74) is -0.705. The van der Waals surface area contributed by atoms with Gasteiger partial charge in [0.05, 0.1) is 11.3 Å². The summed E-state index contributed by atoms with van der Waals surface area (Å²) in [6.45, 7) is 14.7. The average molecular weight is 360 g/mol. The molecular formula is C19H36O6. The first-order valence-corrected chi connectivity index (χ1v) is 9.24. The summed E-state index contributed by atoms with van der Waals surface area (Å²) in [5.74, 6) is -2.32. The summed E-state index contributed by atoms with van der Waals surface area (Å²) in [4.78, 5) is 44.5. The maximum atomic E-state index is 12.2. The average Bonchev–Trinajstić information content (AvgIpc) is 2.50. The van der Waals surface area contributed by atoms with Crippen LogP contribution in [0.4, 0.5) is 0 Å². The topological polar surface area (TPSA) is 71.1 Å². The minimum absolute atomic E-state index is 0.180. The van der Waals surface area contributed by atoms with Crippen LogP contribution < -0.4 is 0 Å². The van der Waals surface area contributed by atoms with Gasteiger partial charge < -0.3 is 0 Å². The predicted octanol–water partition coefficient (Wildman–Crippen LogP) is 4.96. The Bertz CT molecular complexity index is 413. The van der Waals surface area contributed by atoms with E-state index in [4.69, 9.17) is 19.6 Å². The summed E-state index contributed by atoms with van der Waals surface area (Å²) in [6, 6.07) is 0. The molecule has 25 heavy (non-hydrogen) atoms. The molecule has 0 spiro atoms. The highest BCUT2D eigenvalue weighted by Gasteiger charge is 2.36. The van der Waals surface area contributed by atoms with E-state index >= 15 is 0 Å². The van der Waals surface area contributed by atoms with Crippen molar-refractivity contribution in [1.82, 2.24) is 0 Å². The van der Waals surface area contributed by atoms with Crippen molar-refractivity contribution in [2.24, 2.45) is 17.3 Å². The van der Waals surface area contributed by atoms with Gasteiger partial charge in [-0.3, -0.25) is 9.78 Å². The first-order chi connectivity index (χ1) is 11.4. The third-order valence-electron chi connectivity index (χ3n) is 3.72. The number of hydrogen-bond acceptors (Lipinski definition) is 6. The standard InChI is InChI=1S/C19H36O6/c1-9-11-12-15(10-2)16(20)22-24-19(8,13-14(3)4)25-23-17(21)18(5,6)7/h14-15H,9-13H2,1-8H3. The Morgan fingerprint density at radius 1 is 0.960 bits per heavy atom. The summed E-state index contributed by atoms with van der Waals surface area (Å²) in [5, 5.41) is 0. The maximum absolute atomic E-state index is 12.2. The Morgan fingerprint density at radius 3 is 1.96 bits per heavy atom. The second-order valence-corrected chi connectivity index (χ2v) is 8.17. The van der Waals surface area contributed by atoms with Gasteiger partial charge in [0.2, 0.25) is 0 Å². The summed E-state index contributed by atoms with van der Waals surface area (Å²) in [6.07, 6.45) is 3.81. The smallest absolute Gasteiger partial charge is 0.295 e. The van der Waals surface area contributed by atoms with E-state index in [0.29, 0.717) is 12.8 Å². The highest BCUT2D eigenvalue weighted by Crippen LogP contribution is 2.26. The first-order valence-electron chi connectivity index (χ1n) is 9.24. The van der Waals surface area contributed by atoms with Crippen molar-refractivity contribution in [2.45, 2.75) is 93.3 Å². The van der Waals surface area contributed by atoms with E-state index in [1.165, 1.54) is 0 Å². The highest BCUT2D eigenvalue weighted by molar-refractivity contribution is 5.74. The fraction of sp³-hybridized carbons (Fsp3) is 0.895. The lowest BCUT2D eigenvalue weighted by atomic mass is 9.98. The molecule has 0 rings (SSSR count). The lowest BCUT2D eigenvalue weighted by Gasteiger charge is -2.28. The Morgan fingerprint density at radius 2 is 1.52 bits per heavy atom. The van der Waals surface area contributed by atoms with Crippen molar-refractivity contribution < 1.29 is 29.1 Å². The Kier molecular flexibility index (Phi) is 10.3. The summed E-state index contributed by atoms with van der Waals surface area (Å²) < 4.78 is 0. The number of carbonyl (C=O) groups is 2. The van der Waals surface area contributed by atoms with Gasteiger partial charge in [0.1, 0.15) is 0 Å². The fourth-order valence-corrected chi connectivity index (χ4v) is 2.21. The second-order valence-electron chi connectivity index (χ2n) is 8.17. The van der Waals surface area contributed by atoms with Crippen LogP contribution in [0.3, 0.4) is 0 Å². The number of unbranched alkanes of at least 4 members (excludes halogenated alkanes) is 1. The van der Waals surface area contributed by atoms with Crippen LogP contribution in [0, 0.1) is 17.3 Å². The number of carbonyl (C=O) groups excluding carboxylic acids is 2. The van der Waals surface area contributed by atoms with Crippen molar-refractivity contribution in [1.29, 1.82) is 0 Å². The molecule has 0 N–H and O–H groups in total. The molecular weight excluding hydrogens is 324 g/mol. The lowest BCUT2D eigenvalue weighted by Crippen LogP contribution is -2.38. The van der Waals surface area contributed by atoms with Crippen LogP contribution in [-0.4, -0.2) is 17.7 Å². The minimum Gasteiger partial charge on any atom is -0.295 e. The van der Waals surface area contributed by atoms with Crippen LogP contribution in [0.15, 0.2) is 0 Å². The van der Waals surface area contributed by atoms with E-state index in [1.807, 2.05) is 20.8 Å². The molecule has 0 radical (unpaired) electrons. The molecule has 148 valence electrons. The summed E-state index contributed by atoms with van der Waals surface area (Å²) >= 11 is 0. The van der Waals surface area contributed by atoms with Gasteiger partial charge in [0.25, 0.3) is 5.79 Å². The molecule has 0 aromatic rings. The van der Waals surface area contributed by atoms with Crippen molar-refractivity contribution in [3.63, 3.8) is 0 Å². The Balaban J connectivity index is 4.79. The quantitative estimate of drug-likeness (QED) is 0.294. The molecule has 0 bridgehead atoms. The van der Waals surface area contributed by atoms with Crippen molar-refractivity contribution >= 4 is 11.9 Å². The van der Waals surface area contributed by atoms with Crippen LogP contribution in [0.25, 0.3) is 0 Å². The van der Waals surface area contributed by atoms with E-state index in [1.54, 1.807) is 27.7 Å².